The monoisotopic (exact) mass is 316 g/mol. The van der Waals surface area contributed by atoms with E-state index in [2.05, 4.69) is 17.5 Å². The van der Waals surface area contributed by atoms with Gasteiger partial charge in [0.25, 0.3) is 0 Å². The van der Waals surface area contributed by atoms with Crippen LogP contribution in [0.1, 0.15) is 44.9 Å². The van der Waals surface area contributed by atoms with E-state index in [0.717, 1.165) is 38.5 Å². The molecule has 1 N–H and O–H groups in total. The van der Waals surface area contributed by atoms with Crippen LogP contribution in [0.2, 0.25) is 0 Å². The van der Waals surface area contributed by atoms with Crippen molar-refractivity contribution >= 4 is 17.7 Å². The van der Waals surface area contributed by atoms with Crippen LogP contribution in [0.4, 0.5) is 0 Å². The summed E-state index contributed by atoms with van der Waals surface area (Å²) in [5.74, 6) is -0.489. The highest BCUT2D eigenvalue weighted by molar-refractivity contribution is 6.08. The van der Waals surface area contributed by atoms with Gasteiger partial charge in [-0.2, -0.15) is 0 Å². The van der Waals surface area contributed by atoms with Crippen molar-refractivity contribution in [3.05, 3.63) is 12.2 Å². The van der Waals surface area contributed by atoms with Crippen molar-refractivity contribution in [3.63, 3.8) is 0 Å². The zero-order chi connectivity index (χ0) is 16.0. The first kappa shape index (κ1) is 14.9. The van der Waals surface area contributed by atoms with Gasteiger partial charge in [0.05, 0.1) is 11.8 Å². The van der Waals surface area contributed by atoms with Crippen LogP contribution in [0.25, 0.3) is 0 Å². The fraction of sp³-hybridized carbons (Fsp3) is 0.722. The third kappa shape index (κ3) is 2.50. The minimum Gasteiger partial charge on any atom is -0.352 e. The molecule has 1 saturated heterocycles. The van der Waals surface area contributed by atoms with Crippen molar-refractivity contribution < 1.29 is 14.4 Å². The first-order valence-corrected chi connectivity index (χ1v) is 8.98. The maximum Gasteiger partial charge on any atom is 0.240 e. The Kier molecular flexibility index (Phi) is 3.74. The molecule has 5 rings (SSSR count). The average molecular weight is 316 g/mol. The molecule has 23 heavy (non-hydrogen) atoms. The SMILES string of the molecule is O=C(CN1C(=O)C2C3C=CC(CC3)C2C1=O)NC1CCCCC1. The Bertz CT molecular complexity index is 533. The number of nitrogens with zero attached hydrogens (tertiary/aromatic N) is 1. The number of imide groups is 1. The van der Waals surface area contributed by atoms with E-state index in [1.54, 1.807) is 0 Å². The number of nitrogens with one attached hydrogen (secondary N) is 1. The predicted octanol–water partition coefficient (Wildman–Crippen LogP) is 1.63. The Morgan fingerprint density at radius 2 is 1.52 bits per heavy atom. The smallest absolute Gasteiger partial charge is 0.240 e. The zero-order valence-corrected chi connectivity index (χ0v) is 13.4. The lowest BCUT2D eigenvalue weighted by Gasteiger charge is -2.38. The third-order valence-electron chi connectivity index (χ3n) is 6.12. The molecule has 4 aliphatic carbocycles. The Balaban J connectivity index is 1.42. The van der Waals surface area contributed by atoms with Crippen LogP contribution >= 0.6 is 0 Å². The van der Waals surface area contributed by atoms with Gasteiger partial charge in [0.2, 0.25) is 17.7 Å². The first-order chi connectivity index (χ1) is 11.1. The first-order valence-electron chi connectivity index (χ1n) is 8.98. The molecule has 3 amide bonds. The molecule has 2 saturated carbocycles. The fourth-order valence-electron chi connectivity index (χ4n) is 4.96. The highest BCUT2D eigenvalue weighted by atomic mass is 16.2. The zero-order valence-electron chi connectivity index (χ0n) is 13.4. The van der Waals surface area contributed by atoms with Crippen LogP contribution in [0.15, 0.2) is 12.2 Å². The second-order valence-electron chi connectivity index (χ2n) is 7.51. The predicted molar refractivity (Wildman–Crippen MR) is 84.1 cm³/mol. The number of allylic oxidation sites excluding steroid dienone is 2. The van der Waals surface area contributed by atoms with Gasteiger partial charge in [0.15, 0.2) is 0 Å². The van der Waals surface area contributed by atoms with Crippen LogP contribution < -0.4 is 5.32 Å². The average Bonchev–Trinajstić information content (AvgIpc) is 2.84. The summed E-state index contributed by atoms with van der Waals surface area (Å²) in [7, 11) is 0. The van der Waals surface area contributed by atoms with Gasteiger partial charge in [0, 0.05) is 6.04 Å². The molecule has 124 valence electrons. The van der Waals surface area contributed by atoms with Crippen LogP contribution in [0.5, 0.6) is 0 Å². The Labute approximate surface area is 136 Å². The van der Waals surface area contributed by atoms with E-state index in [1.807, 2.05) is 0 Å². The molecule has 2 bridgehead atoms. The van der Waals surface area contributed by atoms with Gasteiger partial charge >= 0.3 is 0 Å². The summed E-state index contributed by atoms with van der Waals surface area (Å²) >= 11 is 0. The van der Waals surface area contributed by atoms with E-state index in [0.29, 0.717) is 0 Å². The number of carbonyl (C=O) groups excluding carboxylic acids is 3. The van der Waals surface area contributed by atoms with Gasteiger partial charge in [0.1, 0.15) is 6.54 Å². The maximum atomic E-state index is 12.7. The normalized spacial score (nSPS) is 36.4. The summed E-state index contributed by atoms with van der Waals surface area (Å²) in [5, 5.41) is 3.01. The molecule has 3 fully saturated rings. The molecule has 5 nitrogen and oxygen atoms in total. The van der Waals surface area contributed by atoms with Crippen molar-refractivity contribution in [2.24, 2.45) is 23.7 Å². The number of amides is 3. The van der Waals surface area contributed by atoms with Gasteiger partial charge in [-0.25, -0.2) is 0 Å². The van der Waals surface area contributed by atoms with Crippen LogP contribution in [0.3, 0.4) is 0 Å². The van der Waals surface area contributed by atoms with E-state index < -0.39 is 0 Å². The van der Waals surface area contributed by atoms with Crippen molar-refractivity contribution in [1.29, 1.82) is 0 Å². The lowest BCUT2D eigenvalue weighted by molar-refractivity contribution is -0.144. The fourth-order valence-corrected chi connectivity index (χ4v) is 4.96. The van der Waals surface area contributed by atoms with Crippen LogP contribution in [0, 0.1) is 23.7 Å². The van der Waals surface area contributed by atoms with Crippen LogP contribution in [-0.4, -0.2) is 35.2 Å². The number of carbonyl (C=O) groups is 3. The molecule has 0 aromatic carbocycles. The van der Waals surface area contributed by atoms with Crippen LogP contribution in [-0.2, 0) is 14.4 Å². The summed E-state index contributed by atoms with van der Waals surface area (Å²) in [5.41, 5.74) is 0. The molecule has 0 spiro atoms. The summed E-state index contributed by atoms with van der Waals surface area (Å²) in [6.07, 6.45) is 11.7. The van der Waals surface area contributed by atoms with Gasteiger partial charge in [-0.05, 0) is 37.5 Å². The number of hydrogen-bond donors (Lipinski definition) is 1. The number of fused-ring (bicyclic) bond motifs is 1. The lowest BCUT2D eigenvalue weighted by atomic mass is 9.63. The van der Waals surface area contributed by atoms with Gasteiger partial charge in [-0.3, -0.25) is 19.3 Å². The van der Waals surface area contributed by atoms with Crippen molar-refractivity contribution in [2.75, 3.05) is 6.54 Å². The van der Waals surface area contributed by atoms with Gasteiger partial charge in [-0.1, -0.05) is 31.4 Å². The van der Waals surface area contributed by atoms with E-state index in [4.69, 9.17) is 0 Å². The number of rotatable bonds is 3. The van der Waals surface area contributed by atoms with Gasteiger partial charge < -0.3 is 5.32 Å². The summed E-state index contributed by atoms with van der Waals surface area (Å²) in [4.78, 5) is 38.8. The third-order valence-corrected chi connectivity index (χ3v) is 6.12. The standard InChI is InChI=1S/C18H24N2O3/c21-14(19-13-4-2-1-3-5-13)10-20-17(22)15-11-6-7-12(9-8-11)16(15)18(20)23/h6-7,11-13,15-16H,1-5,8-10H2,(H,19,21). The van der Waals surface area contributed by atoms with E-state index in [-0.39, 0.29) is 54.0 Å². The van der Waals surface area contributed by atoms with Crippen molar-refractivity contribution in [1.82, 2.24) is 10.2 Å². The maximum absolute atomic E-state index is 12.7. The van der Waals surface area contributed by atoms with Crippen molar-refractivity contribution in [3.8, 4) is 0 Å². The van der Waals surface area contributed by atoms with E-state index >= 15 is 0 Å². The Morgan fingerprint density at radius 3 is 2.04 bits per heavy atom. The quantitative estimate of drug-likeness (QED) is 0.636. The molecule has 5 heteroatoms. The highest BCUT2D eigenvalue weighted by Crippen LogP contribution is 2.49. The van der Waals surface area contributed by atoms with E-state index in [9.17, 15) is 14.4 Å². The second kappa shape index (κ2) is 5.77. The Morgan fingerprint density at radius 1 is 0.957 bits per heavy atom. The molecule has 0 aromatic heterocycles. The number of likely N-dealkylation sites (tertiary alicyclic amines) is 1. The minimum atomic E-state index is -0.214. The van der Waals surface area contributed by atoms with E-state index in [1.165, 1.54) is 11.3 Å². The molecule has 4 atom stereocenters. The molecule has 1 heterocycles. The molecule has 4 unspecified atom stereocenters. The lowest BCUT2D eigenvalue weighted by Crippen LogP contribution is -2.45. The minimum absolute atomic E-state index is 0.0966. The summed E-state index contributed by atoms with van der Waals surface area (Å²) in [6, 6.07) is 0.212. The second-order valence-corrected chi connectivity index (χ2v) is 7.51. The molecular weight excluding hydrogens is 292 g/mol. The molecule has 5 aliphatic rings. The highest BCUT2D eigenvalue weighted by Gasteiger charge is 2.56. The Hall–Kier alpha value is -1.65. The molecular formula is C18H24N2O3. The number of hydrogen-bond acceptors (Lipinski definition) is 3. The van der Waals surface area contributed by atoms with Gasteiger partial charge in [-0.15, -0.1) is 0 Å². The topological polar surface area (TPSA) is 66.5 Å². The summed E-state index contributed by atoms with van der Waals surface area (Å²) < 4.78 is 0. The van der Waals surface area contributed by atoms with Crippen molar-refractivity contribution in [2.45, 2.75) is 51.0 Å². The molecule has 0 aromatic rings. The molecule has 1 aliphatic heterocycles. The largest absolute Gasteiger partial charge is 0.352 e. The summed E-state index contributed by atoms with van der Waals surface area (Å²) in [6.45, 7) is -0.0966. The molecule has 0 radical (unpaired) electrons.